The molecular formula is C10H14NOP. The van der Waals surface area contributed by atoms with Gasteiger partial charge in [-0.2, -0.15) is 0 Å². The SMILES string of the molecule is C=Cc1ccc(P(C)(C)=O)c(N)c1. The highest BCUT2D eigenvalue weighted by Crippen LogP contribution is 2.36. The van der Waals surface area contributed by atoms with E-state index in [1.807, 2.05) is 12.1 Å². The first-order valence-electron chi connectivity index (χ1n) is 4.02. The second-order valence-electron chi connectivity index (χ2n) is 3.37. The summed E-state index contributed by atoms with van der Waals surface area (Å²) in [6.07, 6.45) is 1.72. The van der Waals surface area contributed by atoms with Crippen LogP contribution in [0.5, 0.6) is 0 Å². The van der Waals surface area contributed by atoms with Gasteiger partial charge in [0.25, 0.3) is 0 Å². The van der Waals surface area contributed by atoms with Gasteiger partial charge in [0, 0.05) is 11.0 Å². The zero-order valence-corrected chi connectivity index (χ0v) is 8.84. The molecule has 3 heteroatoms. The lowest BCUT2D eigenvalue weighted by Crippen LogP contribution is -2.09. The minimum Gasteiger partial charge on any atom is -0.398 e. The molecule has 0 aliphatic rings. The standard InChI is InChI=1S/C10H14NOP/c1-4-8-5-6-10(9(11)7-8)13(2,3)12/h4-7H,1,11H2,2-3H3. The van der Waals surface area contributed by atoms with E-state index >= 15 is 0 Å². The summed E-state index contributed by atoms with van der Waals surface area (Å²) in [5, 5.41) is 0.748. The lowest BCUT2D eigenvalue weighted by atomic mass is 10.2. The van der Waals surface area contributed by atoms with E-state index in [4.69, 9.17) is 5.73 Å². The third kappa shape index (κ3) is 2.22. The molecule has 0 radical (unpaired) electrons. The van der Waals surface area contributed by atoms with Crippen LogP contribution in [-0.2, 0) is 4.57 Å². The molecule has 0 unspecified atom stereocenters. The number of hydrogen-bond acceptors (Lipinski definition) is 2. The van der Waals surface area contributed by atoms with Gasteiger partial charge in [0.15, 0.2) is 0 Å². The lowest BCUT2D eigenvalue weighted by Gasteiger charge is -2.10. The van der Waals surface area contributed by atoms with Crippen molar-refractivity contribution in [1.82, 2.24) is 0 Å². The Morgan fingerprint density at radius 1 is 1.46 bits per heavy atom. The van der Waals surface area contributed by atoms with Gasteiger partial charge in [-0.25, -0.2) is 0 Å². The zero-order chi connectivity index (χ0) is 10.1. The van der Waals surface area contributed by atoms with Crippen molar-refractivity contribution in [2.24, 2.45) is 0 Å². The quantitative estimate of drug-likeness (QED) is 0.580. The number of hydrogen-bond donors (Lipinski definition) is 1. The van der Waals surface area contributed by atoms with Crippen molar-refractivity contribution in [1.29, 1.82) is 0 Å². The third-order valence-electron chi connectivity index (χ3n) is 1.87. The highest BCUT2D eigenvalue weighted by Gasteiger charge is 2.13. The Bertz CT molecular complexity index is 379. The molecule has 1 aromatic carbocycles. The summed E-state index contributed by atoms with van der Waals surface area (Å²) in [6.45, 7) is 7.07. The van der Waals surface area contributed by atoms with Crippen LogP contribution in [-0.4, -0.2) is 13.3 Å². The van der Waals surface area contributed by atoms with E-state index in [-0.39, 0.29) is 0 Å². The summed E-state index contributed by atoms with van der Waals surface area (Å²) < 4.78 is 11.7. The molecule has 0 aromatic heterocycles. The highest BCUT2D eigenvalue weighted by molar-refractivity contribution is 7.70. The maximum atomic E-state index is 11.7. The molecule has 0 bridgehead atoms. The first kappa shape index (κ1) is 10.1. The molecule has 2 N–H and O–H groups in total. The molecular weight excluding hydrogens is 181 g/mol. The van der Waals surface area contributed by atoms with Crippen LogP contribution in [0.25, 0.3) is 6.08 Å². The van der Waals surface area contributed by atoms with Crippen LogP contribution in [0.2, 0.25) is 0 Å². The minimum absolute atomic E-state index is 0.589. The van der Waals surface area contributed by atoms with Gasteiger partial charge in [-0.1, -0.05) is 18.7 Å². The first-order valence-corrected chi connectivity index (χ1v) is 6.63. The van der Waals surface area contributed by atoms with Crippen LogP contribution in [0.3, 0.4) is 0 Å². The van der Waals surface area contributed by atoms with Crippen LogP contribution in [0, 0.1) is 0 Å². The Hall–Kier alpha value is -1.01. The average molecular weight is 195 g/mol. The molecule has 0 saturated heterocycles. The van der Waals surface area contributed by atoms with E-state index in [0.717, 1.165) is 10.9 Å². The maximum Gasteiger partial charge on any atom is 0.111 e. The normalized spacial score (nSPS) is 11.2. The predicted molar refractivity (Wildman–Crippen MR) is 60.0 cm³/mol. The molecule has 1 rings (SSSR count). The summed E-state index contributed by atoms with van der Waals surface area (Å²) >= 11 is 0. The van der Waals surface area contributed by atoms with E-state index in [9.17, 15) is 4.57 Å². The van der Waals surface area contributed by atoms with Crippen molar-refractivity contribution < 1.29 is 4.57 Å². The highest BCUT2D eigenvalue weighted by atomic mass is 31.2. The smallest absolute Gasteiger partial charge is 0.111 e. The van der Waals surface area contributed by atoms with Gasteiger partial charge >= 0.3 is 0 Å². The molecule has 0 saturated carbocycles. The van der Waals surface area contributed by atoms with Crippen molar-refractivity contribution in [3.8, 4) is 0 Å². The second kappa shape index (κ2) is 3.39. The Balaban J connectivity index is 3.28. The summed E-state index contributed by atoms with van der Waals surface area (Å²) in [6, 6.07) is 5.48. The molecule has 0 amide bonds. The van der Waals surface area contributed by atoms with Crippen LogP contribution in [0.1, 0.15) is 5.56 Å². The summed E-state index contributed by atoms with van der Waals surface area (Å²) in [5.41, 5.74) is 7.31. The fourth-order valence-corrected chi connectivity index (χ4v) is 2.31. The van der Waals surface area contributed by atoms with Gasteiger partial charge in [0.05, 0.1) is 0 Å². The van der Waals surface area contributed by atoms with Crippen LogP contribution in [0.4, 0.5) is 5.69 Å². The number of rotatable bonds is 2. The van der Waals surface area contributed by atoms with Gasteiger partial charge in [0.2, 0.25) is 0 Å². The predicted octanol–water partition coefficient (Wildman–Crippen LogP) is 2.16. The van der Waals surface area contributed by atoms with Gasteiger partial charge < -0.3 is 10.3 Å². The minimum atomic E-state index is -2.25. The maximum absolute atomic E-state index is 11.7. The average Bonchev–Trinajstić information content (AvgIpc) is 2.01. The topological polar surface area (TPSA) is 43.1 Å². The Kier molecular flexibility index (Phi) is 2.63. The van der Waals surface area contributed by atoms with Gasteiger partial charge in [-0.3, -0.25) is 0 Å². The van der Waals surface area contributed by atoms with E-state index < -0.39 is 7.14 Å². The van der Waals surface area contributed by atoms with Crippen molar-refractivity contribution >= 4 is 24.2 Å². The van der Waals surface area contributed by atoms with E-state index in [1.165, 1.54) is 0 Å². The summed E-state index contributed by atoms with van der Waals surface area (Å²) in [5.74, 6) is 0. The Morgan fingerprint density at radius 3 is 2.46 bits per heavy atom. The van der Waals surface area contributed by atoms with E-state index in [1.54, 1.807) is 25.5 Å². The first-order chi connectivity index (χ1) is 5.95. The van der Waals surface area contributed by atoms with Gasteiger partial charge in [-0.05, 0) is 31.0 Å². The van der Waals surface area contributed by atoms with E-state index in [0.29, 0.717) is 5.69 Å². The molecule has 70 valence electrons. The lowest BCUT2D eigenvalue weighted by molar-refractivity contribution is 0.588. The van der Waals surface area contributed by atoms with Crippen molar-refractivity contribution in [2.45, 2.75) is 0 Å². The fraction of sp³-hybridized carbons (Fsp3) is 0.200. The Morgan fingerprint density at radius 2 is 2.08 bits per heavy atom. The molecule has 0 heterocycles. The van der Waals surface area contributed by atoms with Crippen LogP contribution in [0.15, 0.2) is 24.8 Å². The molecule has 0 aliphatic heterocycles. The third-order valence-corrected chi connectivity index (χ3v) is 3.44. The second-order valence-corrected chi connectivity index (χ2v) is 6.56. The number of nitrogens with two attached hydrogens (primary N) is 1. The summed E-state index contributed by atoms with van der Waals surface area (Å²) in [7, 11) is -2.25. The Labute approximate surface area is 78.8 Å². The zero-order valence-electron chi connectivity index (χ0n) is 7.95. The molecule has 0 atom stereocenters. The molecule has 2 nitrogen and oxygen atoms in total. The van der Waals surface area contributed by atoms with Crippen LogP contribution >= 0.6 is 7.14 Å². The molecule has 0 spiro atoms. The number of nitrogen functional groups attached to an aromatic ring is 1. The monoisotopic (exact) mass is 195 g/mol. The van der Waals surface area contributed by atoms with Crippen LogP contribution < -0.4 is 11.0 Å². The molecule has 13 heavy (non-hydrogen) atoms. The number of anilines is 1. The van der Waals surface area contributed by atoms with Crippen molar-refractivity contribution in [2.75, 3.05) is 19.1 Å². The number of benzene rings is 1. The van der Waals surface area contributed by atoms with Crippen molar-refractivity contribution in [3.63, 3.8) is 0 Å². The molecule has 0 aliphatic carbocycles. The molecule has 0 fully saturated rings. The molecule has 1 aromatic rings. The fourth-order valence-electron chi connectivity index (χ4n) is 1.19. The summed E-state index contributed by atoms with van der Waals surface area (Å²) in [4.78, 5) is 0. The van der Waals surface area contributed by atoms with Gasteiger partial charge in [-0.15, -0.1) is 0 Å². The van der Waals surface area contributed by atoms with Crippen molar-refractivity contribution in [3.05, 3.63) is 30.3 Å². The van der Waals surface area contributed by atoms with E-state index in [2.05, 4.69) is 6.58 Å². The largest absolute Gasteiger partial charge is 0.398 e. The van der Waals surface area contributed by atoms with Gasteiger partial charge in [0.1, 0.15) is 7.14 Å².